The Balaban J connectivity index is 2.83. The summed E-state index contributed by atoms with van der Waals surface area (Å²) in [7, 11) is 0. The first-order valence-corrected chi connectivity index (χ1v) is 6.73. The highest BCUT2D eigenvalue weighted by Gasteiger charge is 2.25. The molecule has 0 saturated heterocycles. The van der Waals surface area contributed by atoms with Gasteiger partial charge in [0, 0.05) is 11.6 Å². The van der Waals surface area contributed by atoms with E-state index in [4.69, 9.17) is 4.74 Å². The van der Waals surface area contributed by atoms with Gasteiger partial charge in [0.1, 0.15) is 5.75 Å². The van der Waals surface area contributed by atoms with E-state index < -0.39 is 5.41 Å². The number of ketones is 1. The summed E-state index contributed by atoms with van der Waals surface area (Å²) in [6.45, 7) is 12.8. The molecule has 0 N–H and O–H groups in total. The summed E-state index contributed by atoms with van der Waals surface area (Å²) in [5.41, 5.74) is 0.427. The lowest BCUT2D eigenvalue weighted by Crippen LogP contribution is -2.21. The van der Waals surface area contributed by atoms with Crippen LogP contribution in [0, 0.1) is 10.8 Å². The Labute approximate surface area is 116 Å². The fourth-order valence-electron chi connectivity index (χ4n) is 1.55. The molecule has 0 aromatic carbocycles. The van der Waals surface area contributed by atoms with Crippen LogP contribution < -0.4 is 4.74 Å². The maximum atomic E-state index is 12.3. The maximum Gasteiger partial charge on any atom is 0.172 e. The molecular formula is C16H25NO2. The molecule has 0 aliphatic heterocycles. The minimum absolute atomic E-state index is 0.0839. The maximum absolute atomic E-state index is 12.3. The molecule has 0 spiro atoms. The molecule has 0 amide bonds. The van der Waals surface area contributed by atoms with Gasteiger partial charge in [-0.15, -0.1) is 0 Å². The molecule has 1 heterocycles. The second kappa shape index (κ2) is 5.72. The number of rotatable bonds is 4. The van der Waals surface area contributed by atoms with Crippen LogP contribution >= 0.6 is 0 Å². The standard InChI is InChI=1S/C16H25NO2/c1-15(2,3)8-10-19-13-11-17-9-7-12(13)14(18)16(4,5)6/h7,9,11H,8,10H2,1-6H3. The van der Waals surface area contributed by atoms with Gasteiger partial charge in [-0.25, -0.2) is 0 Å². The lowest BCUT2D eigenvalue weighted by atomic mass is 9.86. The molecule has 0 radical (unpaired) electrons. The number of nitrogens with zero attached hydrogens (tertiary/aromatic N) is 1. The first-order valence-electron chi connectivity index (χ1n) is 6.73. The van der Waals surface area contributed by atoms with E-state index in [9.17, 15) is 4.79 Å². The van der Waals surface area contributed by atoms with Crippen molar-refractivity contribution in [3.05, 3.63) is 24.0 Å². The van der Waals surface area contributed by atoms with E-state index in [1.165, 1.54) is 0 Å². The number of hydrogen-bond acceptors (Lipinski definition) is 3. The van der Waals surface area contributed by atoms with Gasteiger partial charge >= 0.3 is 0 Å². The lowest BCUT2D eigenvalue weighted by molar-refractivity contribution is 0.0853. The third-order valence-electron chi connectivity index (χ3n) is 2.82. The van der Waals surface area contributed by atoms with Crippen LogP contribution in [-0.2, 0) is 0 Å². The Bertz CT molecular complexity index is 439. The number of Topliss-reactive ketones (excluding diaryl/α,β-unsaturated/α-hetero) is 1. The predicted molar refractivity (Wildman–Crippen MR) is 77.6 cm³/mol. The summed E-state index contributed by atoms with van der Waals surface area (Å²) in [4.78, 5) is 16.4. The van der Waals surface area contributed by atoms with E-state index >= 15 is 0 Å². The molecule has 3 heteroatoms. The molecule has 3 nitrogen and oxygen atoms in total. The van der Waals surface area contributed by atoms with E-state index in [2.05, 4.69) is 25.8 Å². The number of pyridine rings is 1. The monoisotopic (exact) mass is 263 g/mol. The van der Waals surface area contributed by atoms with Crippen LogP contribution in [-0.4, -0.2) is 17.4 Å². The van der Waals surface area contributed by atoms with Gasteiger partial charge in [-0.05, 0) is 17.9 Å². The summed E-state index contributed by atoms with van der Waals surface area (Å²) >= 11 is 0. The minimum atomic E-state index is -0.413. The van der Waals surface area contributed by atoms with Gasteiger partial charge in [-0.2, -0.15) is 0 Å². The summed E-state index contributed by atoms with van der Waals surface area (Å²) in [5, 5.41) is 0. The van der Waals surface area contributed by atoms with Crippen molar-refractivity contribution in [3.8, 4) is 5.75 Å². The molecule has 0 saturated carbocycles. The van der Waals surface area contributed by atoms with E-state index in [0.29, 0.717) is 17.9 Å². The zero-order valence-electron chi connectivity index (χ0n) is 12.9. The van der Waals surface area contributed by atoms with Crippen molar-refractivity contribution in [2.24, 2.45) is 10.8 Å². The average Bonchev–Trinajstić information content (AvgIpc) is 2.26. The van der Waals surface area contributed by atoms with Crippen LogP contribution in [0.15, 0.2) is 18.5 Å². The zero-order valence-corrected chi connectivity index (χ0v) is 12.9. The molecule has 0 bridgehead atoms. The molecule has 0 aliphatic carbocycles. The third-order valence-corrected chi connectivity index (χ3v) is 2.82. The molecular weight excluding hydrogens is 238 g/mol. The van der Waals surface area contributed by atoms with E-state index in [1.807, 2.05) is 20.8 Å². The van der Waals surface area contributed by atoms with Crippen molar-refractivity contribution < 1.29 is 9.53 Å². The Morgan fingerprint density at radius 1 is 1.21 bits per heavy atom. The van der Waals surface area contributed by atoms with Crippen molar-refractivity contribution in [1.82, 2.24) is 4.98 Å². The Kier molecular flexibility index (Phi) is 4.72. The largest absolute Gasteiger partial charge is 0.491 e. The highest BCUT2D eigenvalue weighted by Crippen LogP contribution is 2.27. The number of carbonyl (C=O) groups excluding carboxylic acids is 1. The van der Waals surface area contributed by atoms with Gasteiger partial charge in [0.05, 0.1) is 18.4 Å². The van der Waals surface area contributed by atoms with Gasteiger partial charge in [0.15, 0.2) is 5.78 Å². The molecule has 0 aliphatic rings. The fraction of sp³-hybridized carbons (Fsp3) is 0.625. The molecule has 0 atom stereocenters. The molecule has 1 rings (SSSR count). The van der Waals surface area contributed by atoms with Gasteiger partial charge < -0.3 is 4.74 Å². The Morgan fingerprint density at radius 2 is 1.84 bits per heavy atom. The van der Waals surface area contributed by atoms with Crippen LogP contribution in [0.25, 0.3) is 0 Å². The summed E-state index contributed by atoms with van der Waals surface area (Å²) in [6, 6.07) is 1.74. The molecule has 0 unspecified atom stereocenters. The highest BCUT2D eigenvalue weighted by molar-refractivity contribution is 6.01. The highest BCUT2D eigenvalue weighted by atomic mass is 16.5. The van der Waals surface area contributed by atoms with Crippen LogP contribution in [0.5, 0.6) is 5.75 Å². The quantitative estimate of drug-likeness (QED) is 0.767. The smallest absolute Gasteiger partial charge is 0.172 e. The second-order valence-electron chi connectivity index (χ2n) is 7.11. The number of carbonyl (C=O) groups is 1. The minimum Gasteiger partial charge on any atom is -0.491 e. The van der Waals surface area contributed by atoms with Crippen molar-refractivity contribution in [3.63, 3.8) is 0 Å². The molecule has 19 heavy (non-hydrogen) atoms. The normalized spacial score (nSPS) is 12.3. The Morgan fingerprint density at radius 3 is 2.37 bits per heavy atom. The van der Waals surface area contributed by atoms with Gasteiger partial charge in [0.2, 0.25) is 0 Å². The van der Waals surface area contributed by atoms with E-state index in [0.717, 1.165) is 6.42 Å². The van der Waals surface area contributed by atoms with Crippen molar-refractivity contribution in [2.75, 3.05) is 6.61 Å². The number of ether oxygens (including phenoxy) is 1. The molecule has 1 aromatic heterocycles. The molecule has 0 fully saturated rings. The lowest BCUT2D eigenvalue weighted by Gasteiger charge is -2.21. The average molecular weight is 263 g/mol. The number of aromatic nitrogens is 1. The summed E-state index contributed by atoms with van der Waals surface area (Å²) in [5.74, 6) is 0.673. The number of hydrogen-bond donors (Lipinski definition) is 0. The van der Waals surface area contributed by atoms with Crippen molar-refractivity contribution >= 4 is 5.78 Å². The van der Waals surface area contributed by atoms with E-state index in [-0.39, 0.29) is 11.2 Å². The SMILES string of the molecule is CC(C)(C)CCOc1cnccc1C(=O)C(C)(C)C. The Hall–Kier alpha value is -1.38. The summed E-state index contributed by atoms with van der Waals surface area (Å²) < 4.78 is 5.75. The van der Waals surface area contributed by atoms with Crippen LogP contribution in [0.2, 0.25) is 0 Å². The zero-order chi connectivity index (χ0) is 14.7. The first kappa shape index (κ1) is 15.7. The van der Waals surface area contributed by atoms with Crippen molar-refractivity contribution in [2.45, 2.75) is 48.0 Å². The molecule has 1 aromatic rings. The second-order valence-corrected chi connectivity index (χ2v) is 7.11. The van der Waals surface area contributed by atoms with Crippen LogP contribution in [0.1, 0.15) is 58.3 Å². The van der Waals surface area contributed by atoms with Crippen LogP contribution in [0.3, 0.4) is 0 Å². The van der Waals surface area contributed by atoms with Gasteiger partial charge in [-0.1, -0.05) is 41.5 Å². The van der Waals surface area contributed by atoms with Gasteiger partial charge in [-0.3, -0.25) is 9.78 Å². The molecule has 106 valence electrons. The van der Waals surface area contributed by atoms with Crippen molar-refractivity contribution in [1.29, 1.82) is 0 Å². The predicted octanol–water partition coefficient (Wildman–Crippen LogP) is 4.13. The first-order chi connectivity index (χ1) is 8.61. The van der Waals surface area contributed by atoms with Crippen LogP contribution in [0.4, 0.5) is 0 Å². The van der Waals surface area contributed by atoms with Gasteiger partial charge in [0.25, 0.3) is 0 Å². The summed E-state index contributed by atoms with van der Waals surface area (Å²) in [6.07, 6.45) is 4.20. The van der Waals surface area contributed by atoms with E-state index in [1.54, 1.807) is 18.5 Å². The third kappa shape index (κ3) is 5.01. The topological polar surface area (TPSA) is 39.2 Å². The fourth-order valence-corrected chi connectivity index (χ4v) is 1.55.